The number of allylic oxidation sites excluding steroid dienone is 4. The Balaban J connectivity index is 1.96. The molecule has 1 N–H and O–H groups in total. The normalized spacial score (nSPS) is 12.1. The second kappa shape index (κ2) is 13.1. The molecule has 0 saturated carbocycles. The Labute approximate surface area is 212 Å². The lowest BCUT2D eigenvalue weighted by atomic mass is 9.92. The van der Waals surface area contributed by atoms with E-state index in [1.807, 2.05) is 0 Å². The SMILES string of the molecule is CCOC(=O)CC(=O)CC(O)C=CC=CC(=C(c1ccc(F)cc1)c1ccc(F)cc1)c1nnnn1C. The highest BCUT2D eigenvalue weighted by atomic mass is 19.1. The zero-order chi connectivity index (χ0) is 26.8. The number of carbonyl (C=O) groups excluding carboxylic acids is 2. The Hall–Kier alpha value is -4.31. The lowest BCUT2D eigenvalue weighted by molar-refractivity contribution is -0.145. The van der Waals surface area contributed by atoms with Crippen molar-refractivity contribution in [3.8, 4) is 0 Å². The second-order valence-electron chi connectivity index (χ2n) is 7.96. The predicted octanol–water partition coefficient (Wildman–Crippen LogP) is 3.83. The van der Waals surface area contributed by atoms with Gasteiger partial charge in [-0.15, -0.1) is 5.10 Å². The van der Waals surface area contributed by atoms with E-state index >= 15 is 0 Å². The van der Waals surface area contributed by atoms with Crippen molar-refractivity contribution in [2.45, 2.75) is 25.9 Å². The van der Waals surface area contributed by atoms with E-state index < -0.39 is 35.9 Å². The van der Waals surface area contributed by atoms with Gasteiger partial charge in [-0.2, -0.15) is 0 Å². The Morgan fingerprint density at radius 2 is 1.62 bits per heavy atom. The van der Waals surface area contributed by atoms with Crippen molar-refractivity contribution >= 4 is 22.9 Å². The number of tetrazole rings is 1. The summed E-state index contributed by atoms with van der Waals surface area (Å²) in [5.74, 6) is -1.51. The Kier molecular flexibility index (Phi) is 9.68. The van der Waals surface area contributed by atoms with Crippen molar-refractivity contribution in [2.75, 3.05) is 6.61 Å². The van der Waals surface area contributed by atoms with Gasteiger partial charge < -0.3 is 9.84 Å². The molecule has 0 saturated heterocycles. The number of rotatable bonds is 11. The predicted molar refractivity (Wildman–Crippen MR) is 133 cm³/mol. The average molecular weight is 509 g/mol. The van der Waals surface area contributed by atoms with E-state index in [1.54, 1.807) is 56.5 Å². The molecule has 10 heteroatoms. The minimum Gasteiger partial charge on any atom is -0.466 e. The summed E-state index contributed by atoms with van der Waals surface area (Å²) in [7, 11) is 1.66. The molecule has 37 heavy (non-hydrogen) atoms. The molecule has 192 valence electrons. The van der Waals surface area contributed by atoms with Gasteiger partial charge in [0.05, 0.1) is 12.7 Å². The largest absolute Gasteiger partial charge is 0.466 e. The first-order chi connectivity index (χ1) is 17.8. The highest BCUT2D eigenvalue weighted by Crippen LogP contribution is 2.32. The van der Waals surface area contributed by atoms with Crippen LogP contribution in [0, 0.1) is 11.6 Å². The first-order valence-electron chi connectivity index (χ1n) is 11.5. The van der Waals surface area contributed by atoms with Gasteiger partial charge >= 0.3 is 5.97 Å². The van der Waals surface area contributed by atoms with Gasteiger partial charge in [-0.25, -0.2) is 13.5 Å². The van der Waals surface area contributed by atoms with Crippen molar-refractivity contribution in [3.63, 3.8) is 0 Å². The van der Waals surface area contributed by atoms with E-state index in [0.717, 1.165) is 0 Å². The summed E-state index contributed by atoms with van der Waals surface area (Å²) in [6.45, 7) is 1.82. The first-order valence-corrected chi connectivity index (χ1v) is 11.5. The van der Waals surface area contributed by atoms with Crippen molar-refractivity contribution in [3.05, 3.63) is 101 Å². The lowest BCUT2D eigenvalue weighted by Gasteiger charge is -2.13. The molecular weight excluding hydrogens is 482 g/mol. The van der Waals surface area contributed by atoms with Gasteiger partial charge in [-0.3, -0.25) is 9.59 Å². The van der Waals surface area contributed by atoms with Gasteiger partial charge in [0, 0.05) is 19.0 Å². The van der Waals surface area contributed by atoms with Crippen LogP contribution in [0.1, 0.15) is 36.7 Å². The number of ketones is 1. The van der Waals surface area contributed by atoms with Crippen LogP contribution in [0.2, 0.25) is 0 Å². The van der Waals surface area contributed by atoms with E-state index in [-0.39, 0.29) is 13.0 Å². The summed E-state index contributed by atoms with van der Waals surface area (Å²) < 4.78 is 33.5. The average Bonchev–Trinajstić information content (AvgIpc) is 3.28. The zero-order valence-electron chi connectivity index (χ0n) is 20.3. The molecule has 0 bridgehead atoms. The van der Waals surface area contributed by atoms with E-state index in [0.29, 0.717) is 28.1 Å². The van der Waals surface area contributed by atoms with Gasteiger partial charge in [0.1, 0.15) is 23.8 Å². The lowest BCUT2D eigenvalue weighted by Crippen LogP contribution is -2.16. The van der Waals surface area contributed by atoms with Crippen LogP contribution in [-0.2, 0) is 21.4 Å². The molecule has 0 fully saturated rings. The molecule has 0 aliphatic carbocycles. The van der Waals surface area contributed by atoms with Gasteiger partial charge in [-0.1, -0.05) is 48.6 Å². The van der Waals surface area contributed by atoms with Crippen LogP contribution >= 0.6 is 0 Å². The summed E-state index contributed by atoms with van der Waals surface area (Å²) in [6, 6.07) is 11.7. The monoisotopic (exact) mass is 508 g/mol. The Morgan fingerprint density at radius 1 is 1.03 bits per heavy atom. The highest BCUT2D eigenvalue weighted by Gasteiger charge is 2.17. The minimum atomic E-state index is -1.11. The Morgan fingerprint density at radius 3 is 2.14 bits per heavy atom. The molecule has 2 aromatic carbocycles. The number of halogens is 2. The number of aromatic nitrogens is 4. The van der Waals surface area contributed by atoms with Crippen LogP contribution in [0.25, 0.3) is 11.1 Å². The summed E-state index contributed by atoms with van der Waals surface area (Å²) in [4.78, 5) is 23.4. The van der Waals surface area contributed by atoms with Gasteiger partial charge in [0.15, 0.2) is 5.82 Å². The topological polar surface area (TPSA) is 107 Å². The van der Waals surface area contributed by atoms with Crippen LogP contribution in [-0.4, -0.2) is 49.8 Å². The molecule has 0 spiro atoms. The number of hydrogen-bond acceptors (Lipinski definition) is 7. The maximum absolute atomic E-state index is 13.7. The maximum Gasteiger partial charge on any atom is 0.313 e. The summed E-state index contributed by atoms with van der Waals surface area (Å²) in [5, 5.41) is 21.9. The number of aliphatic hydroxyl groups excluding tert-OH is 1. The maximum atomic E-state index is 13.7. The molecule has 0 aliphatic heterocycles. The molecule has 3 rings (SSSR count). The van der Waals surface area contributed by atoms with Gasteiger partial charge in [-0.05, 0) is 58.3 Å². The number of ether oxygens (including phenoxy) is 1. The minimum absolute atomic E-state index is 0.175. The molecule has 0 radical (unpaired) electrons. The molecule has 1 heterocycles. The third kappa shape index (κ3) is 7.84. The molecular formula is C27H26F2N4O4. The van der Waals surface area contributed by atoms with Crippen LogP contribution in [0.15, 0.2) is 72.8 Å². The van der Waals surface area contributed by atoms with Crippen LogP contribution in [0.3, 0.4) is 0 Å². The van der Waals surface area contributed by atoms with Gasteiger partial charge in [0.25, 0.3) is 0 Å². The van der Waals surface area contributed by atoms with Crippen molar-refractivity contribution in [1.82, 2.24) is 20.2 Å². The van der Waals surface area contributed by atoms with Crippen LogP contribution < -0.4 is 0 Å². The smallest absolute Gasteiger partial charge is 0.313 e. The number of Topliss-reactive ketones (excluding diaryl/α,β-unsaturated/α-hetero) is 1. The zero-order valence-corrected chi connectivity index (χ0v) is 20.3. The van der Waals surface area contributed by atoms with Crippen molar-refractivity contribution in [2.24, 2.45) is 7.05 Å². The number of aryl methyl sites for hydroxylation is 1. The van der Waals surface area contributed by atoms with E-state index in [2.05, 4.69) is 15.5 Å². The fourth-order valence-corrected chi connectivity index (χ4v) is 3.53. The summed E-state index contributed by atoms with van der Waals surface area (Å²) in [6.07, 6.45) is 4.51. The number of nitrogens with zero attached hydrogens (tertiary/aromatic N) is 4. The molecule has 1 aromatic heterocycles. The summed E-state index contributed by atoms with van der Waals surface area (Å²) in [5.41, 5.74) is 2.45. The number of hydrogen-bond donors (Lipinski definition) is 1. The van der Waals surface area contributed by atoms with E-state index in [9.17, 15) is 23.5 Å². The molecule has 8 nitrogen and oxygen atoms in total. The molecule has 1 unspecified atom stereocenters. The molecule has 0 aliphatic rings. The van der Waals surface area contributed by atoms with Gasteiger partial charge in [0.2, 0.25) is 0 Å². The first kappa shape index (κ1) is 27.3. The highest BCUT2D eigenvalue weighted by molar-refractivity contribution is 6.01. The third-order valence-corrected chi connectivity index (χ3v) is 5.19. The fraction of sp³-hybridized carbons (Fsp3) is 0.222. The number of aliphatic hydroxyl groups is 1. The standard InChI is InChI=1S/C27H26F2N4O4/c1-3-37-25(36)17-23(35)16-22(34)6-4-5-7-24(27-30-31-32-33(27)2)26(18-8-12-20(28)13-9-18)19-10-14-21(29)15-11-19/h4-15,22,34H,3,16-17H2,1-2H3. The number of esters is 1. The third-order valence-electron chi connectivity index (χ3n) is 5.19. The molecule has 0 amide bonds. The second-order valence-corrected chi connectivity index (χ2v) is 7.96. The summed E-state index contributed by atoms with van der Waals surface area (Å²) >= 11 is 0. The molecule has 1 atom stereocenters. The molecule has 3 aromatic rings. The fourth-order valence-electron chi connectivity index (χ4n) is 3.53. The van der Waals surface area contributed by atoms with Crippen LogP contribution in [0.4, 0.5) is 8.78 Å². The van der Waals surface area contributed by atoms with E-state index in [1.165, 1.54) is 35.0 Å². The Bertz CT molecular complexity index is 1270. The number of carbonyl (C=O) groups is 2. The van der Waals surface area contributed by atoms with E-state index in [4.69, 9.17) is 4.74 Å². The number of benzene rings is 2. The quantitative estimate of drug-likeness (QED) is 0.238. The van der Waals surface area contributed by atoms with Crippen molar-refractivity contribution < 1.29 is 28.2 Å². The van der Waals surface area contributed by atoms with Crippen LogP contribution in [0.5, 0.6) is 0 Å². The van der Waals surface area contributed by atoms with Crippen molar-refractivity contribution in [1.29, 1.82) is 0 Å².